The first kappa shape index (κ1) is 13.2. The van der Waals surface area contributed by atoms with Crippen molar-refractivity contribution in [3.05, 3.63) is 48.0 Å². The van der Waals surface area contributed by atoms with Gasteiger partial charge in [-0.3, -0.25) is 9.59 Å². The van der Waals surface area contributed by atoms with Crippen LogP contribution in [0.1, 0.15) is 17.3 Å². The molecule has 0 aliphatic carbocycles. The fourth-order valence-corrected chi connectivity index (χ4v) is 3.47. The van der Waals surface area contributed by atoms with Crippen molar-refractivity contribution in [2.75, 3.05) is 13.1 Å². The van der Waals surface area contributed by atoms with E-state index in [1.54, 1.807) is 6.92 Å². The molecule has 0 aromatic heterocycles. The number of carbonyl (C=O) groups is 2. The summed E-state index contributed by atoms with van der Waals surface area (Å²) < 4.78 is 0. The van der Waals surface area contributed by atoms with Gasteiger partial charge >= 0.3 is 0 Å². The van der Waals surface area contributed by atoms with Crippen molar-refractivity contribution in [2.24, 2.45) is 0 Å². The summed E-state index contributed by atoms with van der Waals surface area (Å²) in [5, 5.41) is 2.44. The molecule has 3 rings (SSSR count). The van der Waals surface area contributed by atoms with Crippen molar-refractivity contribution < 1.29 is 9.59 Å². The minimum atomic E-state index is 0.0576. The Hall–Kier alpha value is -1.81. The summed E-state index contributed by atoms with van der Waals surface area (Å²) >= 11 is 1.33. The second-order valence-corrected chi connectivity index (χ2v) is 6.45. The van der Waals surface area contributed by atoms with Gasteiger partial charge in [0.1, 0.15) is 0 Å². The highest BCUT2D eigenvalue weighted by molar-refractivity contribution is 8.14. The van der Waals surface area contributed by atoms with Crippen LogP contribution in [-0.4, -0.2) is 34.3 Å². The van der Waals surface area contributed by atoms with Gasteiger partial charge in [0.2, 0.25) is 0 Å². The first-order valence-electron chi connectivity index (χ1n) is 6.59. The maximum Gasteiger partial charge on any atom is 0.254 e. The predicted octanol–water partition coefficient (Wildman–Crippen LogP) is 2.94. The van der Waals surface area contributed by atoms with E-state index in [-0.39, 0.29) is 16.3 Å². The molecule has 1 aliphatic heterocycles. The molecule has 102 valence electrons. The molecule has 2 aromatic carbocycles. The number of nitrogens with zero attached hydrogens (tertiary/aromatic N) is 1. The molecule has 1 aliphatic rings. The topological polar surface area (TPSA) is 37.4 Å². The SMILES string of the molecule is CC(=O)SC1CN(C(=O)c2cccc3ccccc23)C1. The molecule has 1 saturated heterocycles. The molecule has 0 spiro atoms. The van der Waals surface area contributed by atoms with Crippen LogP contribution in [0.15, 0.2) is 42.5 Å². The van der Waals surface area contributed by atoms with Gasteiger partial charge in [0.05, 0.1) is 0 Å². The monoisotopic (exact) mass is 285 g/mol. The molecular formula is C16H15NO2S. The molecule has 1 heterocycles. The molecular weight excluding hydrogens is 270 g/mol. The lowest BCUT2D eigenvalue weighted by Crippen LogP contribution is -2.52. The van der Waals surface area contributed by atoms with E-state index in [0.29, 0.717) is 13.1 Å². The number of likely N-dealkylation sites (tertiary alicyclic amines) is 1. The Balaban J connectivity index is 1.79. The highest BCUT2D eigenvalue weighted by Gasteiger charge is 2.32. The number of rotatable bonds is 2. The van der Waals surface area contributed by atoms with Crippen LogP contribution in [0.5, 0.6) is 0 Å². The fraction of sp³-hybridized carbons (Fsp3) is 0.250. The van der Waals surface area contributed by atoms with Crippen LogP contribution in [0.3, 0.4) is 0 Å². The third kappa shape index (κ3) is 2.43. The smallest absolute Gasteiger partial charge is 0.254 e. The van der Waals surface area contributed by atoms with E-state index >= 15 is 0 Å². The quantitative estimate of drug-likeness (QED) is 0.851. The molecule has 0 saturated carbocycles. The predicted molar refractivity (Wildman–Crippen MR) is 81.9 cm³/mol. The lowest BCUT2D eigenvalue weighted by atomic mass is 10.0. The molecule has 0 unspecified atom stereocenters. The van der Waals surface area contributed by atoms with Gasteiger partial charge in [0.15, 0.2) is 5.12 Å². The van der Waals surface area contributed by atoms with Crippen LogP contribution in [0.4, 0.5) is 0 Å². The lowest BCUT2D eigenvalue weighted by molar-refractivity contribution is -0.109. The van der Waals surface area contributed by atoms with Gasteiger partial charge in [0.25, 0.3) is 5.91 Å². The number of benzene rings is 2. The summed E-state index contributed by atoms with van der Waals surface area (Å²) in [6.45, 7) is 2.89. The van der Waals surface area contributed by atoms with E-state index in [9.17, 15) is 9.59 Å². The van der Waals surface area contributed by atoms with E-state index in [1.807, 2.05) is 47.4 Å². The first-order valence-corrected chi connectivity index (χ1v) is 7.47. The van der Waals surface area contributed by atoms with E-state index < -0.39 is 0 Å². The average molecular weight is 285 g/mol. The zero-order valence-electron chi connectivity index (χ0n) is 11.2. The Bertz CT molecular complexity index is 672. The van der Waals surface area contributed by atoms with Crippen molar-refractivity contribution in [3.63, 3.8) is 0 Å². The highest BCUT2D eigenvalue weighted by Crippen LogP contribution is 2.26. The zero-order chi connectivity index (χ0) is 14.1. The van der Waals surface area contributed by atoms with Gasteiger partial charge in [-0.1, -0.05) is 48.2 Å². The Morgan fingerprint density at radius 1 is 1.10 bits per heavy atom. The number of hydrogen-bond acceptors (Lipinski definition) is 3. The lowest BCUT2D eigenvalue weighted by Gasteiger charge is -2.38. The van der Waals surface area contributed by atoms with Gasteiger partial charge in [-0.05, 0) is 16.8 Å². The summed E-state index contributed by atoms with van der Waals surface area (Å²) in [6, 6.07) is 13.7. The van der Waals surface area contributed by atoms with Crippen LogP contribution in [-0.2, 0) is 4.79 Å². The van der Waals surface area contributed by atoms with Gasteiger partial charge in [-0.25, -0.2) is 0 Å². The van der Waals surface area contributed by atoms with E-state index in [2.05, 4.69) is 0 Å². The van der Waals surface area contributed by atoms with E-state index in [0.717, 1.165) is 16.3 Å². The van der Waals surface area contributed by atoms with Crippen molar-refractivity contribution >= 4 is 33.6 Å². The standard InChI is InChI=1S/C16H15NO2S/c1-11(18)20-13-9-17(10-13)16(19)15-8-4-6-12-5-2-3-7-14(12)15/h2-8,13H,9-10H2,1H3. The van der Waals surface area contributed by atoms with Crippen LogP contribution in [0.25, 0.3) is 10.8 Å². The fourth-order valence-electron chi connectivity index (χ4n) is 2.50. The molecule has 0 radical (unpaired) electrons. The minimum Gasteiger partial charge on any atom is -0.336 e. The Morgan fingerprint density at radius 2 is 1.80 bits per heavy atom. The molecule has 2 aromatic rings. The van der Waals surface area contributed by atoms with Crippen LogP contribution >= 0.6 is 11.8 Å². The van der Waals surface area contributed by atoms with Crippen LogP contribution < -0.4 is 0 Å². The second kappa shape index (κ2) is 5.29. The van der Waals surface area contributed by atoms with Crippen LogP contribution in [0, 0.1) is 0 Å². The summed E-state index contributed by atoms with van der Waals surface area (Å²) in [5.41, 5.74) is 0.745. The van der Waals surface area contributed by atoms with Gasteiger partial charge in [0, 0.05) is 30.8 Å². The number of hydrogen-bond donors (Lipinski definition) is 0. The third-order valence-electron chi connectivity index (χ3n) is 3.49. The molecule has 1 amide bonds. The normalized spacial score (nSPS) is 15.2. The maximum atomic E-state index is 12.5. The van der Waals surface area contributed by atoms with Crippen molar-refractivity contribution in [3.8, 4) is 0 Å². The first-order chi connectivity index (χ1) is 9.65. The van der Waals surface area contributed by atoms with Crippen molar-refractivity contribution in [1.29, 1.82) is 0 Å². The molecule has 0 N–H and O–H groups in total. The number of fused-ring (bicyclic) bond motifs is 1. The van der Waals surface area contributed by atoms with E-state index in [1.165, 1.54) is 11.8 Å². The average Bonchev–Trinajstić information content (AvgIpc) is 2.41. The van der Waals surface area contributed by atoms with Crippen LogP contribution in [0.2, 0.25) is 0 Å². The van der Waals surface area contributed by atoms with Gasteiger partial charge in [-0.2, -0.15) is 0 Å². The third-order valence-corrected chi connectivity index (χ3v) is 4.45. The van der Waals surface area contributed by atoms with Gasteiger partial charge in [-0.15, -0.1) is 0 Å². The van der Waals surface area contributed by atoms with E-state index in [4.69, 9.17) is 0 Å². The summed E-state index contributed by atoms with van der Waals surface area (Å²) in [6.07, 6.45) is 0. The minimum absolute atomic E-state index is 0.0576. The molecule has 0 bridgehead atoms. The zero-order valence-corrected chi connectivity index (χ0v) is 12.0. The largest absolute Gasteiger partial charge is 0.336 e. The Labute approximate surface area is 122 Å². The molecule has 4 heteroatoms. The number of amides is 1. The second-order valence-electron chi connectivity index (χ2n) is 4.97. The van der Waals surface area contributed by atoms with Gasteiger partial charge < -0.3 is 4.90 Å². The Morgan fingerprint density at radius 3 is 2.55 bits per heavy atom. The molecule has 0 atom stereocenters. The molecule has 1 fully saturated rings. The molecule has 20 heavy (non-hydrogen) atoms. The molecule has 3 nitrogen and oxygen atoms in total. The number of carbonyl (C=O) groups excluding carboxylic acids is 2. The summed E-state index contributed by atoms with van der Waals surface area (Å²) in [5.74, 6) is 0.0576. The number of thioether (sulfide) groups is 1. The van der Waals surface area contributed by atoms with Crippen molar-refractivity contribution in [2.45, 2.75) is 12.2 Å². The summed E-state index contributed by atoms with van der Waals surface area (Å²) in [7, 11) is 0. The summed E-state index contributed by atoms with van der Waals surface area (Å²) in [4.78, 5) is 25.3. The Kier molecular flexibility index (Phi) is 3.49. The van der Waals surface area contributed by atoms with Crippen molar-refractivity contribution in [1.82, 2.24) is 4.90 Å². The highest BCUT2D eigenvalue weighted by atomic mass is 32.2. The maximum absolute atomic E-state index is 12.5.